The van der Waals surface area contributed by atoms with Crippen molar-refractivity contribution < 1.29 is 9.59 Å². The van der Waals surface area contributed by atoms with Crippen molar-refractivity contribution in [3.8, 4) is 0 Å². The van der Waals surface area contributed by atoms with E-state index in [4.69, 9.17) is 17.3 Å². The Morgan fingerprint density at radius 1 is 1.45 bits per heavy atom. The summed E-state index contributed by atoms with van der Waals surface area (Å²) in [5.74, 6) is -0.418. The summed E-state index contributed by atoms with van der Waals surface area (Å²) in [6.07, 6.45) is 2.76. The highest BCUT2D eigenvalue weighted by molar-refractivity contribution is 7.16. The fourth-order valence-corrected chi connectivity index (χ4v) is 3.63. The quantitative estimate of drug-likeness (QED) is 0.927. The van der Waals surface area contributed by atoms with Gasteiger partial charge in [0.1, 0.15) is 0 Å². The van der Waals surface area contributed by atoms with Gasteiger partial charge in [0.2, 0.25) is 11.8 Å². The first-order valence-electron chi connectivity index (χ1n) is 6.80. The molecular formula is C14H19ClN2O2S. The number of nitrogens with two attached hydrogens (primary N) is 1. The molecule has 2 N–H and O–H groups in total. The minimum absolute atomic E-state index is 0.0907. The standard InChI is InChI=1S/C14H19ClN2O2S/c1-9-2-3-10(14(16)19)8-17(9)13(18)7-5-11-4-6-12(15)20-11/h4,6,9-10H,2-3,5,7-8H2,1H3,(H2,16,19)/t9-,10+/m1/s1. The van der Waals surface area contributed by atoms with E-state index in [9.17, 15) is 9.59 Å². The summed E-state index contributed by atoms with van der Waals surface area (Å²) in [7, 11) is 0. The Morgan fingerprint density at radius 3 is 2.80 bits per heavy atom. The first-order chi connectivity index (χ1) is 9.47. The lowest BCUT2D eigenvalue weighted by atomic mass is 9.92. The van der Waals surface area contributed by atoms with Crippen LogP contribution < -0.4 is 5.73 Å². The van der Waals surface area contributed by atoms with Crippen LogP contribution in [0.5, 0.6) is 0 Å². The predicted octanol–water partition coefficient (Wildman–Crippen LogP) is 2.45. The molecule has 1 aliphatic heterocycles. The minimum Gasteiger partial charge on any atom is -0.369 e. The fourth-order valence-electron chi connectivity index (χ4n) is 2.55. The van der Waals surface area contributed by atoms with Crippen molar-refractivity contribution in [1.82, 2.24) is 4.90 Å². The second-order valence-electron chi connectivity index (χ2n) is 5.28. The molecule has 0 aliphatic carbocycles. The molecule has 6 heteroatoms. The first-order valence-corrected chi connectivity index (χ1v) is 8.00. The Bertz CT molecular complexity index is 503. The van der Waals surface area contributed by atoms with Gasteiger partial charge in [0.05, 0.1) is 10.3 Å². The highest BCUT2D eigenvalue weighted by atomic mass is 35.5. The second-order valence-corrected chi connectivity index (χ2v) is 7.08. The molecule has 1 saturated heterocycles. The van der Waals surface area contributed by atoms with E-state index in [0.717, 1.165) is 22.1 Å². The van der Waals surface area contributed by atoms with Gasteiger partial charge in [0, 0.05) is 23.9 Å². The summed E-state index contributed by atoms with van der Waals surface area (Å²) >= 11 is 7.38. The normalized spacial score (nSPS) is 22.8. The first kappa shape index (κ1) is 15.3. The number of primary amides is 1. The largest absolute Gasteiger partial charge is 0.369 e. The molecule has 110 valence electrons. The van der Waals surface area contributed by atoms with Crippen molar-refractivity contribution in [2.24, 2.45) is 11.7 Å². The van der Waals surface area contributed by atoms with Gasteiger partial charge in [0.15, 0.2) is 0 Å². The van der Waals surface area contributed by atoms with Gasteiger partial charge in [-0.2, -0.15) is 0 Å². The molecule has 0 saturated carbocycles. The Kier molecular flexibility index (Phi) is 5.05. The van der Waals surface area contributed by atoms with Crippen molar-refractivity contribution >= 4 is 34.8 Å². The number of rotatable bonds is 4. The summed E-state index contributed by atoms with van der Waals surface area (Å²) < 4.78 is 0.743. The molecular weight excluding hydrogens is 296 g/mol. The molecule has 2 heterocycles. The van der Waals surface area contributed by atoms with Crippen LogP contribution in [-0.2, 0) is 16.0 Å². The number of carbonyl (C=O) groups is 2. The Hall–Kier alpha value is -1.07. The molecule has 20 heavy (non-hydrogen) atoms. The summed E-state index contributed by atoms with van der Waals surface area (Å²) in [4.78, 5) is 26.5. The van der Waals surface area contributed by atoms with Crippen molar-refractivity contribution in [2.75, 3.05) is 6.54 Å². The van der Waals surface area contributed by atoms with Gasteiger partial charge < -0.3 is 10.6 Å². The highest BCUT2D eigenvalue weighted by Crippen LogP contribution is 2.25. The van der Waals surface area contributed by atoms with Gasteiger partial charge >= 0.3 is 0 Å². The number of halogens is 1. The average molecular weight is 315 g/mol. The van der Waals surface area contributed by atoms with E-state index in [0.29, 0.717) is 19.4 Å². The minimum atomic E-state index is -0.306. The molecule has 0 unspecified atom stereocenters. The van der Waals surface area contributed by atoms with Gasteiger partial charge in [0.25, 0.3) is 0 Å². The maximum absolute atomic E-state index is 12.3. The number of carbonyl (C=O) groups excluding carboxylic acids is 2. The summed E-state index contributed by atoms with van der Waals surface area (Å²) in [5.41, 5.74) is 5.35. The van der Waals surface area contributed by atoms with Gasteiger partial charge in [-0.1, -0.05) is 11.6 Å². The Balaban J connectivity index is 1.91. The summed E-state index contributed by atoms with van der Waals surface area (Å²) in [5, 5.41) is 0. The third-order valence-electron chi connectivity index (χ3n) is 3.82. The summed E-state index contributed by atoms with van der Waals surface area (Å²) in [6.45, 7) is 2.48. The zero-order valence-corrected chi connectivity index (χ0v) is 13.0. The lowest BCUT2D eigenvalue weighted by molar-refractivity contribution is -0.137. The number of amides is 2. The number of hydrogen-bond donors (Lipinski definition) is 1. The Labute approximate surface area is 127 Å². The van der Waals surface area contributed by atoms with Crippen molar-refractivity contribution in [3.05, 3.63) is 21.3 Å². The molecule has 1 aromatic heterocycles. The number of hydrogen-bond acceptors (Lipinski definition) is 3. The molecule has 1 aliphatic rings. The number of piperidine rings is 1. The number of nitrogens with zero attached hydrogens (tertiary/aromatic N) is 1. The molecule has 1 aromatic rings. The number of thiophene rings is 1. The fraction of sp³-hybridized carbons (Fsp3) is 0.571. The van der Waals surface area contributed by atoms with E-state index in [1.165, 1.54) is 11.3 Å². The second kappa shape index (κ2) is 6.59. The zero-order valence-electron chi connectivity index (χ0n) is 11.5. The van der Waals surface area contributed by atoms with Crippen molar-refractivity contribution in [1.29, 1.82) is 0 Å². The Morgan fingerprint density at radius 2 is 2.20 bits per heavy atom. The van der Waals surface area contributed by atoms with Crippen LogP contribution in [0, 0.1) is 5.92 Å². The van der Waals surface area contributed by atoms with Crippen LogP contribution in [0.25, 0.3) is 0 Å². The van der Waals surface area contributed by atoms with E-state index in [1.54, 1.807) is 4.90 Å². The molecule has 0 aromatic carbocycles. The van der Waals surface area contributed by atoms with Crippen LogP contribution in [0.15, 0.2) is 12.1 Å². The van der Waals surface area contributed by atoms with Gasteiger partial charge in [-0.3, -0.25) is 9.59 Å². The summed E-state index contributed by atoms with van der Waals surface area (Å²) in [6, 6.07) is 3.98. The van der Waals surface area contributed by atoms with Gasteiger partial charge in [-0.05, 0) is 38.3 Å². The third-order valence-corrected chi connectivity index (χ3v) is 5.11. The average Bonchev–Trinajstić information content (AvgIpc) is 2.82. The lowest BCUT2D eigenvalue weighted by Gasteiger charge is -2.37. The molecule has 2 rings (SSSR count). The number of likely N-dealkylation sites (tertiary alicyclic amines) is 1. The van der Waals surface area contributed by atoms with E-state index >= 15 is 0 Å². The van der Waals surface area contributed by atoms with Gasteiger partial charge in [-0.25, -0.2) is 0 Å². The van der Waals surface area contributed by atoms with Gasteiger partial charge in [-0.15, -0.1) is 11.3 Å². The maximum atomic E-state index is 12.3. The molecule has 0 spiro atoms. The van der Waals surface area contributed by atoms with Crippen molar-refractivity contribution in [2.45, 2.75) is 38.6 Å². The van der Waals surface area contributed by atoms with Crippen LogP contribution in [0.3, 0.4) is 0 Å². The molecule has 2 amide bonds. The molecule has 0 radical (unpaired) electrons. The lowest BCUT2D eigenvalue weighted by Crippen LogP contribution is -2.48. The van der Waals surface area contributed by atoms with Crippen LogP contribution in [-0.4, -0.2) is 29.3 Å². The molecule has 4 nitrogen and oxygen atoms in total. The van der Waals surface area contributed by atoms with Crippen LogP contribution in [0.4, 0.5) is 0 Å². The topological polar surface area (TPSA) is 63.4 Å². The van der Waals surface area contributed by atoms with Crippen molar-refractivity contribution in [3.63, 3.8) is 0 Å². The molecule has 1 fully saturated rings. The predicted molar refractivity (Wildman–Crippen MR) is 80.7 cm³/mol. The SMILES string of the molecule is C[C@@H]1CC[C@H](C(N)=O)CN1C(=O)CCc1ccc(Cl)s1. The van der Waals surface area contributed by atoms with E-state index in [-0.39, 0.29) is 23.8 Å². The van der Waals surface area contributed by atoms with E-state index in [1.807, 2.05) is 19.1 Å². The van der Waals surface area contributed by atoms with E-state index < -0.39 is 0 Å². The highest BCUT2D eigenvalue weighted by Gasteiger charge is 2.31. The molecule has 0 bridgehead atoms. The maximum Gasteiger partial charge on any atom is 0.223 e. The zero-order chi connectivity index (χ0) is 14.7. The van der Waals surface area contributed by atoms with Crippen LogP contribution >= 0.6 is 22.9 Å². The monoisotopic (exact) mass is 314 g/mol. The molecule has 2 atom stereocenters. The smallest absolute Gasteiger partial charge is 0.223 e. The van der Waals surface area contributed by atoms with Crippen LogP contribution in [0.1, 0.15) is 31.1 Å². The van der Waals surface area contributed by atoms with Crippen LogP contribution in [0.2, 0.25) is 4.34 Å². The van der Waals surface area contributed by atoms with E-state index in [2.05, 4.69) is 0 Å². The third kappa shape index (κ3) is 3.73. The number of aryl methyl sites for hydroxylation is 1.